The highest BCUT2D eigenvalue weighted by atomic mass is 35.5. The van der Waals surface area contributed by atoms with Gasteiger partial charge in [-0.25, -0.2) is 0 Å². The van der Waals surface area contributed by atoms with Gasteiger partial charge in [0.1, 0.15) is 0 Å². The number of carbonyl (C=O) groups excluding carboxylic acids is 1. The molecule has 20 heavy (non-hydrogen) atoms. The van der Waals surface area contributed by atoms with Crippen molar-refractivity contribution in [3.8, 4) is 0 Å². The van der Waals surface area contributed by atoms with Crippen molar-refractivity contribution in [1.82, 2.24) is 10.6 Å². The summed E-state index contributed by atoms with van der Waals surface area (Å²) in [5.41, 5.74) is 0. The number of carbonyl (C=O) groups is 1. The molecule has 1 saturated heterocycles. The minimum atomic E-state index is 0. The molecular weight excluding hydrogens is 272 g/mol. The Bertz CT molecular complexity index is 339. The molecule has 4 aliphatic carbocycles. The second kappa shape index (κ2) is 5.84. The molecule has 0 aromatic rings. The van der Waals surface area contributed by atoms with Gasteiger partial charge in [0.15, 0.2) is 0 Å². The predicted octanol–water partition coefficient (Wildman–Crippen LogP) is 2.35. The normalized spacial score (nSPS) is 45.2. The van der Waals surface area contributed by atoms with Crippen molar-refractivity contribution in [2.45, 2.75) is 51.0 Å². The highest BCUT2D eigenvalue weighted by Gasteiger charge is 2.48. The van der Waals surface area contributed by atoms with Crippen molar-refractivity contribution >= 4 is 18.3 Å². The lowest BCUT2D eigenvalue weighted by atomic mass is 9.52. The van der Waals surface area contributed by atoms with Crippen LogP contribution in [0.3, 0.4) is 0 Å². The SMILES string of the molecule is Cl.O=C(NCC1C2CC3CC(C2)CC1C3)C1CCCN1. The predicted molar refractivity (Wildman–Crippen MR) is 81.8 cm³/mol. The second-order valence-electron chi connectivity index (χ2n) is 7.49. The minimum Gasteiger partial charge on any atom is -0.354 e. The van der Waals surface area contributed by atoms with Crippen molar-refractivity contribution in [2.24, 2.45) is 29.6 Å². The second-order valence-corrected chi connectivity index (χ2v) is 7.49. The van der Waals surface area contributed by atoms with E-state index in [0.717, 1.165) is 55.5 Å². The van der Waals surface area contributed by atoms with Gasteiger partial charge in [0, 0.05) is 6.54 Å². The smallest absolute Gasteiger partial charge is 0.237 e. The molecule has 0 radical (unpaired) electrons. The Balaban J connectivity index is 0.00000121. The van der Waals surface area contributed by atoms with E-state index < -0.39 is 0 Å². The molecule has 2 N–H and O–H groups in total. The zero-order chi connectivity index (χ0) is 12.8. The van der Waals surface area contributed by atoms with Crippen LogP contribution in [0.4, 0.5) is 0 Å². The quantitative estimate of drug-likeness (QED) is 0.840. The van der Waals surface area contributed by atoms with E-state index in [1.165, 1.54) is 32.1 Å². The van der Waals surface area contributed by atoms with Crippen LogP contribution in [-0.4, -0.2) is 25.0 Å². The first-order valence-corrected chi connectivity index (χ1v) is 8.30. The molecule has 0 aromatic heterocycles. The lowest BCUT2D eigenvalue weighted by Crippen LogP contribution is -2.50. The van der Waals surface area contributed by atoms with Crippen LogP contribution in [0.25, 0.3) is 0 Å². The number of nitrogens with one attached hydrogen (secondary N) is 2. The van der Waals surface area contributed by atoms with Gasteiger partial charge in [0.2, 0.25) is 5.91 Å². The summed E-state index contributed by atoms with van der Waals surface area (Å²) in [5, 5.41) is 6.55. The van der Waals surface area contributed by atoms with Crippen LogP contribution in [-0.2, 0) is 4.79 Å². The van der Waals surface area contributed by atoms with Gasteiger partial charge in [0.05, 0.1) is 6.04 Å². The Morgan fingerprint density at radius 1 is 1.05 bits per heavy atom. The molecule has 4 bridgehead atoms. The van der Waals surface area contributed by atoms with Crippen molar-refractivity contribution in [1.29, 1.82) is 0 Å². The van der Waals surface area contributed by atoms with E-state index in [2.05, 4.69) is 10.6 Å². The number of hydrogen-bond donors (Lipinski definition) is 2. The highest BCUT2D eigenvalue weighted by molar-refractivity contribution is 5.85. The molecule has 5 rings (SSSR count). The summed E-state index contributed by atoms with van der Waals surface area (Å²) >= 11 is 0. The van der Waals surface area contributed by atoms with Gasteiger partial charge >= 0.3 is 0 Å². The molecule has 1 unspecified atom stereocenters. The molecule has 1 amide bonds. The maximum atomic E-state index is 12.1. The molecule has 5 fully saturated rings. The summed E-state index contributed by atoms with van der Waals surface area (Å²) in [6, 6.07) is 0.0943. The largest absolute Gasteiger partial charge is 0.354 e. The molecule has 1 heterocycles. The Hall–Kier alpha value is -0.280. The molecule has 0 aromatic carbocycles. The lowest BCUT2D eigenvalue weighted by molar-refractivity contribution is -0.123. The van der Waals surface area contributed by atoms with Gasteiger partial charge in [-0.15, -0.1) is 12.4 Å². The van der Waals surface area contributed by atoms with Crippen molar-refractivity contribution in [3.05, 3.63) is 0 Å². The fraction of sp³-hybridized carbons (Fsp3) is 0.938. The zero-order valence-corrected chi connectivity index (χ0v) is 13.0. The summed E-state index contributed by atoms with van der Waals surface area (Å²) in [7, 11) is 0. The van der Waals surface area contributed by atoms with Crippen LogP contribution in [0.15, 0.2) is 0 Å². The van der Waals surface area contributed by atoms with Gasteiger partial charge in [-0.2, -0.15) is 0 Å². The maximum Gasteiger partial charge on any atom is 0.237 e. The lowest BCUT2D eigenvalue weighted by Gasteiger charge is -2.54. The van der Waals surface area contributed by atoms with Crippen molar-refractivity contribution in [3.63, 3.8) is 0 Å². The van der Waals surface area contributed by atoms with E-state index >= 15 is 0 Å². The average molecular weight is 299 g/mol. The Kier molecular flexibility index (Phi) is 4.28. The van der Waals surface area contributed by atoms with Gasteiger partial charge in [-0.05, 0) is 81.1 Å². The Morgan fingerprint density at radius 3 is 2.25 bits per heavy atom. The molecule has 4 saturated carbocycles. The number of rotatable bonds is 3. The molecule has 5 aliphatic rings. The van der Waals surface area contributed by atoms with Crippen LogP contribution < -0.4 is 10.6 Å². The first-order valence-electron chi connectivity index (χ1n) is 8.30. The van der Waals surface area contributed by atoms with E-state index in [4.69, 9.17) is 0 Å². The van der Waals surface area contributed by atoms with Crippen LogP contribution in [0, 0.1) is 29.6 Å². The molecule has 3 nitrogen and oxygen atoms in total. The fourth-order valence-electron chi connectivity index (χ4n) is 5.62. The third kappa shape index (κ3) is 2.59. The van der Waals surface area contributed by atoms with E-state index in [1.807, 2.05) is 0 Å². The molecule has 0 spiro atoms. The van der Waals surface area contributed by atoms with Crippen molar-refractivity contribution < 1.29 is 4.79 Å². The van der Waals surface area contributed by atoms with Crippen LogP contribution in [0.2, 0.25) is 0 Å². The first-order chi connectivity index (χ1) is 9.29. The Labute approximate surface area is 128 Å². The molecule has 1 atom stereocenters. The van der Waals surface area contributed by atoms with Crippen LogP contribution in [0.5, 0.6) is 0 Å². The van der Waals surface area contributed by atoms with Crippen LogP contribution in [0.1, 0.15) is 44.9 Å². The summed E-state index contributed by atoms with van der Waals surface area (Å²) in [4.78, 5) is 12.1. The summed E-state index contributed by atoms with van der Waals surface area (Å²) < 4.78 is 0. The molecule has 114 valence electrons. The minimum absolute atomic E-state index is 0. The van der Waals surface area contributed by atoms with Crippen molar-refractivity contribution in [2.75, 3.05) is 13.1 Å². The van der Waals surface area contributed by atoms with E-state index in [-0.39, 0.29) is 24.4 Å². The summed E-state index contributed by atoms with van der Waals surface area (Å²) in [6.07, 6.45) is 9.50. The standard InChI is InChI=1S/C16H26N2O.ClH/c19-16(15-2-1-3-17-15)18-9-14-12-5-10-4-11(7-12)8-13(14)6-10;/h10-15,17H,1-9H2,(H,18,19);1H. The highest BCUT2D eigenvalue weighted by Crippen LogP contribution is 2.56. The topological polar surface area (TPSA) is 41.1 Å². The van der Waals surface area contributed by atoms with E-state index in [9.17, 15) is 4.79 Å². The average Bonchev–Trinajstić information content (AvgIpc) is 2.90. The molecule has 4 heteroatoms. The number of amides is 1. The van der Waals surface area contributed by atoms with Crippen LogP contribution >= 0.6 is 12.4 Å². The van der Waals surface area contributed by atoms with E-state index in [1.54, 1.807) is 0 Å². The Morgan fingerprint density at radius 2 is 1.70 bits per heavy atom. The number of halogens is 1. The third-order valence-corrected chi connectivity index (χ3v) is 6.31. The number of hydrogen-bond acceptors (Lipinski definition) is 2. The first kappa shape index (κ1) is 14.6. The maximum absolute atomic E-state index is 12.1. The molecular formula is C16H27ClN2O. The van der Waals surface area contributed by atoms with Gasteiger partial charge in [-0.1, -0.05) is 0 Å². The van der Waals surface area contributed by atoms with Gasteiger partial charge < -0.3 is 10.6 Å². The summed E-state index contributed by atoms with van der Waals surface area (Å²) in [5.74, 6) is 4.96. The summed E-state index contributed by atoms with van der Waals surface area (Å²) in [6.45, 7) is 1.96. The monoisotopic (exact) mass is 298 g/mol. The van der Waals surface area contributed by atoms with Gasteiger partial charge in [-0.3, -0.25) is 4.79 Å². The van der Waals surface area contributed by atoms with E-state index in [0.29, 0.717) is 0 Å². The van der Waals surface area contributed by atoms with Gasteiger partial charge in [0.25, 0.3) is 0 Å². The fourth-order valence-corrected chi connectivity index (χ4v) is 5.62. The third-order valence-electron chi connectivity index (χ3n) is 6.31. The zero-order valence-electron chi connectivity index (χ0n) is 12.1. The molecule has 1 aliphatic heterocycles.